The fourth-order valence-corrected chi connectivity index (χ4v) is 1.30. The molecule has 0 unspecified atom stereocenters. The topological polar surface area (TPSA) is 36.9 Å². The van der Waals surface area contributed by atoms with E-state index in [1.165, 1.54) is 5.56 Å². The Kier molecular flexibility index (Phi) is 3.57. The SMILES string of the molecule is Cc1ccoc1CC[C@H](C)CC#N. The molecule has 0 spiro atoms. The minimum atomic E-state index is 0.467. The summed E-state index contributed by atoms with van der Waals surface area (Å²) in [4.78, 5) is 0. The minimum Gasteiger partial charge on any atom is -0.469 e. The van der Waals surface area contributed by atoms with E-state index in [1.54, 1.807) is 6.26 Å². The van der Waals surface area contributed by atoms with Crippen LogP contribution in [0.1, 0.15) is 31.1 Å². The molecular formula is C11H15NO. The molecule has 0 aliphatic heterocycles. The van der Waals surface area contributed by atoms with Crippen molar-refractivity contribution in [1.29, 1.82) is 5.26 Å². The summed E-state index contributed by atoms with van der Waals surface area (Å²) in [5.41, 5.74) is 1.21. The highest BCUT2D eigenvalue weighted by atomic mass is 16.3. The van der Waals surface area contributed by atoms with E-state index in [1.807, 2.05) is 13.0 Å². The normalized spacial score (nSPS) is 12.4. The number of furan rings is 1. The molecule has 1 rings (SSSR count). The van der Waals surface area contributed by atoms with E-state index in [9.17, 15) is 0 Å². The van der Waals surface area contributed by atoms with Gasteiger partial charge in [-0.05, 0) is 30.9 Å². The lowest BCUT2D eigenvalue weighted by Gasteiger charge is -2.04. The Labute approximate surface area is 79.2 Å². The first-order chi connectivity index (χ1) is 6.24. The van der Waals surface area contributed by atoms with Gasteiger partial charge in [-0.25, -0.2) is 0 Å². The predicted molar refractivity (Wildman–Crippen MR) is 51.2 cm³/mol. The second kappa shape index (κ2) is 4.71. The fourth-order valence-electron chi connectivity index (χ4n) is 1.30. The summed E-state index contributed by atoms with van der Waals surface area (Å²) in [7, 11) is 0. The maximum atomic E-state index is 8.48. The van der Waals surface area contributed by atoms with Gasteiger partial charge in [0.2, 0.25) is 0 Å². The Morgan fingerprint density at radius 2 is 2.38 bits per heavy atom. The van der Waals surface area contributed by atoms with Crippen LogP contribution in [0.5, 0.6) is 0 Å². The van der Waals surface area contributed by atoms with Gasteiger partial charge in [0.25, 0.3) is 0 Å². The Balaban J connectivity index is 2.36. The lowest BCUT2D eigenvalue weighted by atomic mass is 10.0. The van der Waals surface area contributed by atoms with E-state index in [0.717, 1.165) is 18.6 Å². The molecule has 0 N–H and O–H groups in total. The van der Waals surface area contributed by atoms with Crippen molar-refractivity contribution < 1.29 is 4.42 Å². The Morgan fingerprint density at radius 3 is 2.92 bits per heavy atom. The van der Waals surface area contributed by atoms with Crippen LogP contribution in [0.25, 0.3) is 0 Å². The van der Waals surface area contributed by atoms with Crippen molar-refractivity contribution in [1.82, 2.24) is 0 Å². The molecule has 0 aromatic carbocycles. The molecule has 0 aliphatic carbocycles. The summed E-state index contributed by atoms with van der Waals surface area (Å²) in [6.45, 7) is 4.15. The van der Waals surface area contributed by atoms with Crippen LogP contribution >= 0.6 is 0 Å². The minimum absolute atomic E-state index is 0.467. The number of nitriles is 1. The monoisotopic (exact) mass is 177 g/mol. The third-order valence-electron chi connectivity index (χ3n) is 2.27. The van der Waals surface area contributed by atoms with Gasteiger partial charge in [0.05, 0.1) is 12.3 Å². The largest absolute Gasteiger partial charge is 0.469 e. The molecule has 0 saturated heterocycles. The van der Waals surface area contributed by atoms with Gasteiger partial charge >= 0.3 is 0 Å². The third-order valence-corrected chi connectivity index (χ3v) is 2.27. The van der Waals surface area contributed by atoms with Gasteiger partial charge in [-0.2, -0.15) is 5.26 Å². The van der Waals surface area contributed by atoms with Gasteiger partial charge in [0, 0.05) is 12.8 Å². The number of aryl methyl sites for hydroxylation is 2. The average molecular weight is 177 g/mol. The molecule has 0 aliphatic rings. The zero-order valence-electron chi connectivity index (χ0n) is 8.21. The van der Waals surface area contributed by atoms with Crippen molar-refractivity contribution >= 4 is 0 Å². The second-order valence-corrected chi connectivity index (χ2v) is 3.53. The van der Waals surface area contributed by atoms with Crippen LogP contribution in [0.4, 0.5) is 0 Å². The number of nitrogens with zero attached hydrogens (tertiary/aromatic N) is 1. The van der Waals surface area contributed by atoms with Crippen molar-refractivity contribution in [3.8, 4) is 6.07 Å². The van der Waals surface area contributed by atoms with Crippen LogP contribution in [-0.2, 0) is 6.42 Å². The van der Waals surface area contributed by atoms with Gasteiger partial charge in [-0.15, -0.1) is 0 Å². The Morgan fingerprint density at radius 1 is 1.62 bits per heavy atom. The maximum absolute atomic E-state index is 8.48. The lowest BCUT2D eigenvalue weighted by Crippen LogP contribution is -1.96. The fraction of sp³-hybridized carbons (Fsp3) is 0.545. The van der Waals surface area contributed by atoms with Crippen LogP contribution in [0.3, 0.4) is 0 Å². The van der Waals surface area contributed by atoms with Crippen LogP contribution in [0, 0.1) is 24.2 Å². The predicted octanol–water partition coefficient (Wildman–Crippen LogP) is 3.07. The summed E-state index contributed by atoms with van der Waals surface area (Å²) >= 11 is 0. The molecule has 1 heterocycles. The molecule has 1 aromatic heterocycles. The molecule has 13 heavy (non-hydrogen) atoms. The smallest absolute Gasteiger partial charge is 0.106 e. The van der Waals surface area contributed by atoms with Crippen LogP contribution in [0.15, 0.2) is 16.7 Å². The first-order valence-corrected chi connectivity index (χ1v) is 4.64. The van der Waals surface area contributed by atoms with Crippen LogP contribution < -0.4 is 0 Å². The third kappa shape index (κ3) is 2.95. The van der Waals surface area contributed by atoms with Gasteiger partial charge in [-0.1, -0.05) is 6.92 Å². The molecule has 0 amide bonds. The van der Waals surface area contributed by atoms with E-state index >= 15 is 0 Å². The van der Waals surface area contributed by atoms with Crippen molar-refractivity contribution in [2.45, 2.75) is 33.1 Å². The molecule has 1 atom stereocenters. The molecule has 0 saturated carbocycles. The van der Waals surface area contributed by atoms with E-state index in [0.29, 0.717) is 12.3 Å². The molecule has 1 aromatic rings. The first-order valence-electron chi connectivity index (χ1n) is 4.64. The zero-order chi connectivity index (χ0) is 9.68. The standard InChI is InChI=1S/C11H15NO/c1-9(5-7-12)3-4-11-10(2)6-8-13-11/h6,8-9H,3-5H2,1-2H3/t9-/m0/s1. The van der Waals surface area contributed by atoms with Crippen LogP contribution in [-0.4, -0.2) is 0 Å². The van der Waals surface area contributed by atoms with Crippen LogP contribution in [0.2, 0.25) is 0 Å². The highest BCUT2D eigenvalue weighted by molar-refractivity contribution is 5.14. The highest BCUT2D eigenvalue weighted by Gasteiger charge is 2.05. The summed E-state index contributed by atoms with van der Waals surface area (Å²) in [6, 6.07) is 4.16. The number of rotatable bonds is 4. The van der Waals surface area contributed by atoms with Gasteiger partial charge in [0.1, 0.15) is 5.76 Å². The van der Waals surface area contributed by atoms with E-state index < -0.39 is 0 Å². The molecular weight excluding hydrogens is 162 g/mol. The summed E-state index contributed by atoms with van der Waals surface area (Å²) in [5.74, 6) is 1.53. The quantitative estimate of drug-likeness (QED) is 0.708. The summed E-state index contributed by atoms with van der Waals surface area (Å²) in [5, 5.41) is 8.48. The zero-order valence-corrected chi connectivity index (χ0v) is 8.21. The first kappa shape index (κ1) is 9.85. The maximum Gasteiger partial charge on any atom is 0.106 e. The van der Waals surface area contributed by atoms with E-state index in [-0.39, 0.29) is 0 Å². The summed E-state index contributed by atoms with van der Waals surface area (Å²) in [6.07, 6.45) is 4.34. The Bertz CT molecular complexity index is 295. The second-order valence-electron chi connectivity index (χ2n) is 3.53. The van der Waals surface area contributed by atoms with Crippen molar-refractivity contribution in [2.75, 3.05) is 0 Å². The molecule has 70 valence electrons. The van der Waals surface area contributed by atoms with Gasteiger partial charge in [0.15, 0.2) is 0 Å². The molecule has 2 heteroatoms. The molecule has 0 bridgehead atoms. The van der Waals surface area contributed by atoms with Gasteiger partial charge in [-0.3, -0.25) is 0 Å². The molecule has 0 radical (unpaired) electrons. The van der Waals surface area contributed by atoms with E-state index in [4.69, 9.17) is 9.68 Å². The number of hydrogen-bond donors (Lipinski definition) is 0. The molecule has 2 nitrogen and oxygen atoms in total. The highest BCUT2D eigenvalue weighted by Crippen LogP contribution is 2.15. The van der Waals surface area contributed by atoms with Crippen molar-refractivity contribution in [2.24, 2.45) is 5.92 Å². The summed E-state index contributed by atoms with van der Waals surface area (Å²) < 4.78 is 5.31. The van der Waals surface area contributed by atoms with E-state index in [2.05, 4.69) is 13.0 Å². The average Bonchev–Trinajstić information content (AvgIpc) is 2.48. The lowest BCUT2D eigenvalue weighted by molar-refractivity contribution is 0.462. The van der Waals surface area contributed by atoms with Gasteiger partial charge < -0.3 is 4.42 Å². The van der Waals surface area contributed by atoms with Crippen molar-refractivity contribution in [3.63, 3.8) is 0 Å². The molecule has 0 fully saturated rings. The number of hydrogen-bond acceptors (Lipinski definition) is 2. The Hall–Kier alpha value is -1.23. The van der Waals surface area contributed by atoms with Crippen molar-refractivity contribution in [3.05, 3.63) is 23.7 Å².